The number of aromatic carboxylic acids is 1. The van der Waals surface area contributed by atoms with Gasteiger partial charge in [-0.15, -0.1) is 0 Å². The molecule has 6 heteroatoms. The van der Waals surface area contributed by atoms with Crippen molar-refractivity contribution in [3.63, 3.8) is 0 Å². The second kappa shape index (κ2) is 6.99. The summed E-state index contributed by atoms with van der Waals surface area (Å²) in [6, 6.07) is 9.53. The number of carboxylic acids is 1. The van der Waals surface area contributed by atoms with Crippen molar-refractivity contribution < 1.29 is 14.7 Å². The number of carbonyl (C=O) groups excluding carboxylic acids is 1. The summed E-state index contributed by atoms with van der Waals surface area (Å²) in [6.07, 6.45) is 1.57. The maximum absolute atomic E-state index is 11.6. The number of carbonyl (C=O) groups is 2. The Morgan fingerprint density at radius 3 is 2.62 bits per heavy atom. The summed E-state index contributed by atoms with van der Waals surface area (Å²) in [4.78, 5) is 27.3. The van der Waals surface area contributed by atoms with Gasteiger partial charge in [0, 0.05) is 12.8 Å². The van der Waals surface area contributed by atoms with Crippen LogP contribution in [-0.2, 0) is 11.2 Å². The summed E-state index contributed by atoms with van der Waals surface area (Å²) in [5.74, 6) is -1.16. The van der Waals surface area contributed by atoms with Gasteiger partial charge < -0.3 is 10.4 Å². The van der Waals surface area contributed by atoms with Crippen molar-refractivity contribution in [3.8, 4) is 0 Å². The van der Waals surface area contributed by atoms with E-state index < -0.39 is 5.97 Å². The number of nitrogens with one attached hydrogen (secondary N) is 1. The zero-order valence-electron chi connectivity index (χ0n) is 11.6. The molecule has 2 N–H and O–H groups in total. The first-order valence-corrected chi connectivity index (χ1v) is 7.48. The lowest BCUT2D eigenvalue weighted by molar-refractivity contribution is -0.116. The predicted octanol–water partition coefficient (Wildman–Crippen LogP) is 3.17. The van der Waals surface area contributed by atoms with E-state index in [2.05, 4.69) is 10.3 Å². The fourth-order valence-electron chi connectivity index (χ4n) is 1.89. The zero-order valence-corrected chi connectivity index (χ0v) is 12.4. The molecular weight excluding hydrogens is 288 g/mol. The molecule has 2 rings (SSSR count). The number of rotatable bonds is 6. The van der Waals surface area contributed by atoms with E-state index in [1.165, 1.54) is 0 Å². The zero-order chi connectivity index (χ0) is 15.2. The summed E-state index contributed by atoms with van der Waals surface area (Å²) in [6.45, 7) is 1.91. The Hall–Kier alpha value is -2.21. The Morgan fingerprint density at radius 2 is 2.00 bits per heavy atom. The average Bonchev–Trinajstić information content (AvgIpc) is 2.83. The van der Waals surface area contributed by atoms with Crippen LogP contribution < -0.4 is 5.32 Å². The van der Waals surface area contributed by atoms with Crippen LogP contribution in [0.2, 0.25) is 0 Å². The average molecular weight is 304 g/mol. The van der Waals surface area contributed by atoms with Crippen molar-refractivity contribution in [2.24, 2.45) is 0 Å². The molecule has 1 heterocycles. The molecule has 0 aliphatic carbocycles. The van der Waals surface area contributed by atoms with Gasteiger partial charge in [0.05, 0.1) is 5.69 Å². The van der Waals surface area contributed by atoms with Gasteiger partial charge >= 0.3 is 5.97 Å². The van der Waals surface area contributed by atoms with Crippen LogP contribution in [0, 0.1) is 0 Å². The summed E-state index contributed by atoms with van der Waals surface area (Å²) >= 11 is 0.998. The molecule has 0 bridgehead atoms. The van der Waals surface area contributed by atoms with Gasteiger partial charge in [-0.25, -0.2) is 9.78 Å². The molecular formula is C15H16N2O3S. The van der Waals surface area contributed by atoms with Crippen molar-refractivity contribution >= 4 is 28.3 Å². The molecule has 110 valence electrons. The van der Waals surface area contributed by atoms with Crippen molar-refractivity contribution in [3.05, 3.63) is 46.5 Å². The van der Waals surface area contributed by atoms with E-state index in [1.807, 2.05) is 37.3 Å². The SMILES string of the molecule is CCCC(=O)Nc1nc(Cc2ccccc2)c(C(=O)O)s1. The first-order chi connectivity index (χ1) is 10.1. The highest BCUT2D eigenvalue weighted by atomic mass is 32.1. The van der Waals surface area contributed by atoms with E-state index in [0.29, 0.717) is 23.7 Å². The van der Waals surface area contributed by atoms with Crippen molar-refractivity contribution in [1.29, 1.82) is 0 Å². The van der Waals surface area contributed by atoms with E-state index in [0.717, 1.165) is 23.3 Å². The number of amides is 1. The fraction of sp³-hybridized carbons (Fsp3) is 0.267. The molecule has 0 aliphatic heterocycles. The second-order valence-electron chi connectivity index (χ2n) is 4.56. The van der Waals surface area contributed by atoms with Gasteiger partial charge in [0.25, 0.3) is 0 Å². The van der Waals surface area contributed by atoms with E-state index in [4.69, 9.17) is 0 Å². The van der Waals surface area contributed by atoms with Crippen LogP contribution in [-0.4, -0.2) is 22.0 Å². The number of hydrogen-bond acceptors (Lipinski definition) is 4. The van der Waals surface area contributed by atoms with Gasteiger partial charge in [0.2, 0.25) is 5.91 Å². The largest absolute Gasteiger partial charge is 0.477 e. The van der Waals surface area contributed by atoms with Crippen LogP contribution in [0.1, 0.15) is 40.7 Å². The van der Waals surface area contributed by atoms with E-state index >= 15 is 0 Å². The lowest BCUT2D eigenvalue weighted by Crippen LogP contribution is -2.10. The number of nitrogens with zero attached hydrogens (tertiary/aromatic N) is 1. The Labute approximate surface area is 126 Å². The smallest absolute Gasteiger partial charge is 0.347 e. The molecule has 0 spiro atoms. The predicted molar refractivity (Wildman–Crippen MR) is 81.9 cm³/mol. The highest BCUT2D eigenvalue weighted by Gasteiger charge is 2.18. The lowest BCUT2D eigenvalue weighted by atomic mass is 10.1. The standard InChI is InChI=1S/C15H16N2O3S/c1-2-6-12(18)17-15-16-11(13(21-15)14(19)20)9-10-7-4-3-5-8-10/h3-5,7-8H,2,6,9H2,1H3,(H,19,20)(H,16,17,18). The number of carboxylic acid groups (broad SMARTS) is 1. The number of hydrogen-bond donors (Lipinski definition) is 2. The molecule has 1 aromatic carbocycles. The monoisotopic (exact) mass is 304 g/mol. The Balaban J connectivity index is 2.21. The van der Waals surface area contributed by atoms with Gasteiger partial charge in [-0.1, -0.05) is 48.6 Å². The molecule has 0 atom stereocenters. The summed E-state index contributed by atoms with van der Waals surface area (Å²) in [5, 5.41) is 12.2. The van der Waals surface area contributed by atoms with Crippen molar-refractivity contribution in [2.45, 2.75) is 26.2 Å². The van der Waals surface area contributed by atoms with Crippen LogP contribution in [0.25, 0.3) is 0 Å². The third-order valence-corrected chi connectivity index (χ3v) is 3.83. The Kier molecular flexibility index (Phi) is 5.05. The number of aromatic nitrogens is 1. The molecule has 21 heavy (non-hydrogen) atoms. The van der Waals surface area contributed by atoms with E-state index in [1.54, 1.807) is 0 Å². The van der Waals surface area contributed by atoms with Crippen LogP contribution in [0.3, 0.4) is 0 Å². The normalized spacial score (nSPS) is 10.3. The molecule has 1 aromatic heterocycles. The van der Waals surface area contributed by atoms with Gasteiger partial charge in [-0.3, -0.25) is 4.79 Å². The van der Waals surface area contributed by atoms with Crippen LogP contribution in [0.15, 0.2) is 30.3 Å². The molecule has 2 aromatic rings. The van der Waals surface area contributed by atoms with Crippen LogP contribution in [0.5, 0.6) is 0 Å². The second-order valence-corrected chi connectivity index (χ2v) is 5.56. The van der Waals surface area contributed by atoms with E-state index in [9.17, 15) is 14.7 Å². The maximum Gasteiger partial charge on any atom is 0.347 e. The first-order valence-electron chi connectivity index (χ1n) is 6.67. The third kappa shape index (κ3) is 4.13. The molecule has 0 unspecified atom stereocenters. The molecule has 0 aliphatic rings. The quantitative estimate of drug-likeness (QED) is 0.859. The highest BCUT2D eigenvalue weighted by molar-refractivity contribution is 7.17. The lowest BCUT2D eigenvalue weighted by Gasteiger charge is -1.99. The number of anilines is 1. The van der Waals surface area contributed by atoms with Crippen molar-refractivity contribution in [2.75, 3.05) is 5.32 Å². The van der Waals surface area contributed by atoms with Gasteiger partial charge in [-0.2, -0.15) is 0 Å². The Bertz CT molecular complexity index is 638. The minimum Gasteiger partial charge on any atom is -0.477 e. The van der Waals surface area contributed by atoms with E-state index in [-0.39, 0.29) is 10.8 Å². The molecule has 0 saturated carbocycles. The minimum absolute atomic E-state index is 0.144. The maximum atomic E-state index is 11.6. The highest BCUT2D eigenvalue weighted by Crippen LogP contribution is 2.25. The van der Waals surface area contributed by atoms with Crippen molar-refractivity contribution in [1.82, 2.24) is 4.98 Å². The molecule has 0 saturated heterocycles. The van der Waals surface area contributed by atoms with Crippen LogP contribution in [0.4, 0.5) is 5.13 Å². The van der Waals surface area contributed by atoms with Gasteiger partial charge in [-0.05, 0) is 12.0 Å². The van der Waals surface area contributed by atoms with Crippen LogP contribution >= 0.6 is 11.3 Å². The first kappa shape index (κ1) is 15.2. The third-order valence-electron chi connectivity index (χ3n) is 2.83. The molecule has 5 nitrogen and oxygen atoms in total. The summed E-state index contributed by atoms with van der Waals surface area (Å²) < 4.78 is 0. The molecule has 0 fully saturated rings. The fourth-order valence-corrected chi connectivity index (χ4v) is 2.73. The summed E-state index contributed by atoms with van der Waals surface area (Å²) in [7, 11) is 0. The van der Waals surface area contributed by atoms with Gasteiger partial charge in [0.1, 0.15) is 4.88 Å². The summed E-state index contributed by atoms with van der Waals surface area (Å²) in [5.41, 5.74) is 1.46. The molecule has 1 amide bonds. The molecule has 0 radical (unpaired) electrons. The number of benzene rings is 1. The Morgan fingerprint density at radius 1 is 1.29 bits per heavy atom. The number of thiazole rings is 1. The topological polar surface area (TPSA) is 79.3 Å². The van der Waals surface area contributed by atoms with Gasteiger partial charge in [0.15, 0.2) is 5.13 Å². The minimum atomic E-state index is -1.02.